The maximum Gasteiger partial charge on any atom is 0.314 e. The van der Waals surface area contributed by atoms with E-state index in [9.17, 15) is 15.0 Å². The summed E-state index contributed by atoms with van der Waals surface area (Å²) in [7, 11) is -1.42. The first-order valence-corrected chi connectivity index (χ1v) is 10.9. The molecule has 2 N–H and O–H groups in total. The second-order valence-corrected chi connectivity index (χ2v) is 11.6. The van der Waals surface area contributed by atoms with Gasteiger partial charge in [-0.15, -0.1) is 0 Å². The predicted octanol–water partition coefficient (Wildman–Crippen LogP) is 3.13. The van der Waals surface area contributed by atoms with Gasteiger partial charge in [-0.05, 0) is 11.1 Å². The summed E-state index contributed by atoms with van der Waals surface area (Å²) >= 11 is 0. The Morgan fingerprint density at radius 1 is 0.909 bits per heavy atom. The van der Waals surface area contributed by atoms with Gasteiger partial charge in [0.1, 0.15) is 5.92 Å². The SMILES string of the molecule is C[Si](C)(C)c1ccc([C@H](C(=O)O)[C@@H](O)c2ccccc2)cc1. The number of benzene rings is 2. The monoisotopic (exact) mass is 314 g/mol. The van der Waals surface area contributed by atoms with E-state index in [1.54, 1.807) is 24.3 Å². The smallest absolute Gasteiger partial charge is 0.314 e. The highest BCUT2D eigenvalue weighted by molar-refractivity contribution is 6.88. The number of aliphatic hydroxyl groups is 1. The number of hydrogen-bond acceptors (Lipinski definition) is 2. The minimum absolute atomic E-state index is 0.615. The van der Waals surface area contributed by atoms with E-state index in [1.165, 1.54) is 5.19 Å². The van der Waals surface area contributed by atoms with Gasteiger partial charge in [-0.2, -0.15) is 0 Å². The largest absolute Gasteiger partial charge is 0.481 e. The molecule has 0 heterocycles. The molecule has 0 aliphatic heterocycles. The molecule has 0 aliphatic carbocycles. The first kappa shape index (κ1) is 16.5. The van der Waals surface area contributed by atoms with Gasteiger partial charge < -0.3 is 10.2 Å². The van der Waals surface area contributed by atoms with Crippen LogP contribution in [0.4, 0.5) is 0 Å². The third kappa shape index (κ3) is 3.64. The van der Waals surface area contributed by atoms with Crippen LogP contribution in [0, 0.1) is 0 Å². The Bertz CT molecular complexity index is 630. The average Bonchev–Trinajstić information content (AvgIpc) is 2.47. The third-order valence-electron chi connectivity index (χ3n) is 3.86. The standard InChI is InChI=1S/C18H22O3Si/c1-22(2,3)15-11-9-13(10-12-15)16(18(20)21)17(19)14-7-5-4-6-8-14/h4-12,16-17,19H,1-3H3,(H,20,21)/t16-,17-/m0/s1. The number of rotatable bonds is 5. The predicted molar refractivity (Wildman–Crippen MR) is 91.2 cm³/mol. The minimum Gasteiger partial charge on any atom is -0.481 e. The van der Waals surface area contributed by atoms with E-state index in [1.807, 2.05) is 30.3 Å². The van der Waals surface area contributed by atoms with Crippen molar-refractivity contribution in [1.82, 2.24) is 0 Å². The first-order valence-electron chi connectivity index (χ1n) is 7.37. The van der Waals surface area contributed by atoms with E-state index in [2.05, 4.69) is 19.6 Å². The zero-order valence-corrected chi connectivity index (χ0v) is 14.2. The Morgan fingerprint density at radius 2 is 1.45 bits per heavy atom. The van der Waals surface area contributed by atoms with Gasteiger partial charge in [-0.25, -0.2) is 0 Å². The summed E-state index contributed by atoms with van der Waals surface area (Å²) in [6, 6.07) is 16.6. The fourth-order valence-electron chi connectivity index (χ4n) is 2.49. The van der Waals surface area contributed by atoms with Crippen molar-refractivity contribution in [3.05, 3.63) is 65.7 Å². The molecule has 0 aliphatic rings. The topological polar surface area (TPSA) is 57.5 Å². The molecule has 0 fully saturated rings. The highest BCUT2D eigenvalue weighted by Crippen LogP contribution is 2.31. The highest BCUT2D eigenvalue weighted by Gasteiger charge is 2.29. The van der Waals surface area contributed by atoms with Crippen LogP contribution in [-0.4, -0.2) is 24.3 Å². The number of hydrogen-bond donors (Lipinski definition) is 2. The van der Waals surface area contributed by atoms with Crippen molar-refractivity contribution in [3.8, 4) is 0 Å². The van der Waals surface area contributed by atoms with Gasteiger partial charge >= 0.3 is 5.97 Å². The molecule has 0 unspecified atom stereocenters. The summed E-state index contributed by atoms with van der Waals surface area (Å²) in [6.45, 7) is 6.74. The number of aliphatic hydroxyl groups excluding tert-OH is 1. The molecule has 0 bridgehead atoms. The molecule has 2 aromatic rings. The van der Waals surface area contributed by atoms with Crippen LogP contribution in [0.25, 0.3) is 0 Å². The van der Waals surface area contributed by atoms with E-state index >= 15 is 0 Å². The van der Waals surface area contributed by atoms with Crippen LogP contribution >= 0.6 is 0 Å². The molecular weight excluding hydrogens is 292 g/mol. The Balaban J connectivity index is 2.35. The van der Waals surface area contributed by atoms with Crippen LogP contribution in [0.1, 0.15) is 23.1 Å². The third-order valence-corrected chi connectivity index (χ3v) is 5.92. The summed E-state index contributed by atoms with van der Waals surface area (Å²) in [5, 5.41) is 21.3. The average molecular weight is 314 g/mol. The fourth-order valence-corrected chi connectivity index (χ4v) is 3.66. The lowest BCUT2D eigenvalue weighted by Gasteiger charge is -2.22. The van der Waals surface area contributed by atoms with E-state index in [4.69, 9.17) is 0 Å². The lowest BCUT2D eigenvalue weighted by molar-refractivity contribution is -0.141. The second-order valence-electron chi connectivity index (χ2n) is 6.54. The van der Waals surface area contributed by atoms with E-state index < -0.39 is 26.1 Å². The summed E-state index contributed by atoms with van der Waals surface area (Å²) in [5.74, 6) is -1.98. The summed E-state index contributed by atoms with van der Waals surface area (Å²) < 4.78 is 0. The lowest BCUT2D eigenvalue weighted by Crippen LogP contribution is -2.37. The van der Waals surface area contributed by atoms with Gasteiger partial charge in [0.15, 0.2) is 0 Å². The van der Waals surface area contributed by atoms with Crippen LogP contribution in [0.3, 0.4) is 0 Å². The maximum absolute atomic E-state index is 11.6. The van der Waals surface area contributed by atoms with Gasteiger partial charge in [0.2, 0.25) is 0 Å². The summed E-state index contributed by atoms with van der Waals surface area (Å²) in [6.07, 6.45) is -1.06. The van der Waals surface area contributed by atoms with Crippen molar-refractivity contribution in [2.24, 2.45) is 0 Å². The van der Waals surface area contributed by atoms with Crippen LogP contribution in [0.15, 0.2) is 54.6 Å². The molecule has 0 radical (unpaired) electrons. The molecule has 116 valence electrons. The van der Waals surface area contributed by atoms with Gasteiger partial charge in [0, 0.05) is 0 Å². The zero-order chi connectivity index (χ0) is 16.3. The van der Waals surface area contributed by atoms with E-state index in [0.717, 1.165) is 0 Å². The van der Waals surface area contributed by atoms with Crippen molar-refractivity contribution in [3.63, 3.8) is 0 Å². The molecule has 2 atom stereocenters. The van der Waals surface area contributed by atoms with E-state index in [-0.39, 0.29) is 0 Å². The van der Waals surface area contributed by atoms with Crippen LogP contribution in [-0.2, 0) is 4.79 Å². The number of aliphatic carboxylic acids is 1. The van der Waals surface area contributed by atoms with Crippen molar-refractivity contribution < 1.29 is 15.0 Å². The molecule has 0 aromatic heterocycles. The molecule has 2 aromatic carbocycles. The van der Waals surface area contributed by atoms with Crippen LogP contribution in [0.2, 0.25) is 19.6 Å². The quantitative estimate of drug-likeness (QED) is 0.834. The maximum atomic E-state index is 11.6. The molecule has 0 saturated heterocycles. The zero-order valence-electron chi connectivity index (χ0n) is 13.2. The molecule has 2 rings (SSSR count). The molecule has 3 nitrogen and oxygen atoms in total. The summed E-state index contributed by atoms with van der Waals surface area (Å²) in [4.78, 5) is 11.6. The first-order chi connectivity index (χ1) is 10.3. The van der Waals surface area contributed by atoms with Gasteiger partial charge in [-0.1, -0.05) is 79.4 Å². The number of carboxylic acids is 1. The molecule has 22 heavy (non-hydrogen) atoms. The highest BCUT2D eigenvalue weighted by atomic mass is 28.3. The van der Waals surface area contributed by atoms with Gasteiger partial charge in [0.05, 0.1) is 14.2 Å². The van der Waals surface area contributed by atoms with Crippen LogP contribution < -0.4 is 5.19 Å². The Kier molecular flexibility index (Phi) is 4.83. The van der Waals surface area contributed by atoms with Gasteiger partial charge in [0.25, 0.3) is 0 Å². The Hall–Kier alpha value is -1.91. The minimum atomic E-state index is -1.42. The molecule has 4 heteroatoms. The van der Waals surface area contributed by atoms with Crippen molar-refractivity contribution in [2.45, 2.75) is 31.7 Å². The molecule has 0 amide bonds. The van der Waals surface area contributed by atoms with Crippen molar-refractivity contribution in [1.29, 1.82) is 0 Å². The van der Waals surface area contributed by atoms with Crippen molar-refractivity contribution in [2.75, 3.05) is 0 Å². The summed E-state index contributed by atoms with van der Waals surface area (Å²) in [5.41, 5.74) is 1.25. The Labute approximate surface area is 132 Å². The Morgan fingerprint density at radius 3 is 1.91 bits per heavy atom. The van der Waals surface area contributed by atoms with E-state index in [0.29, 0.717) is 11.1 Å². The van der Waals surface area contributed by atoms with Crippen LogP contribution in [0.5, 0.6) is 0 Å². The molecule has 0 spiro atoms. The normalized spacial score (nSPS) is 14.4. The van der Waals surface area contributed by atoms with Crippen molar-refractivity contribution >= 4 is 19.2 Å². The number of carbonyl (C=O) groups is 1. The molecule has 0 saturated carbocycles. The second kappa shape index (κ2) is 6.46. The molecular formula is C18H22O3Si. The van der Waals surface area contributed by atoms with Gasteiger partial charge in [-0.3, -0.25) is 4.79 Å². The lowest BCUT2D eigenvalue weighted by atomic mass is 9.89. The number of carboxylic acid groups (broad SMARTS) is 1. The fraction of sp³-hybridized carbons (Fsp3) is 0.278.